The first-order valence-electron chi connectivity index (χ1n) is 5.68. The maximum Gasteiger partial charge on any atom is 0.0508 e. The molecule has 1 rings (SSSR count). The van der Waals surface area contributed by atoms with E-state index in [1.54, 1.807) is 0 Å². The van der Waals surface area contributed by atoms with Crippen molar-refractivity contribution in [3.8, 4) is 0 Å². The first-order chi connectivity index (χ1) is 7.41. The van der Waals surface area contributed by atoms with Gasteiger partial charge in [0, 0.05) is 24.1 Å². The lowest BCUT2D eigenvalue weighted by Gasteiger charge is -2.23. The molecule has 1 unspecified atom stereocenters. The van der Waals surface area contributed by atoms with Crippen LogP contribution in [0.3, 0.4) is 0 Å². The minimum absolute atomic E-state index is 0.0840. The number of rotatable bonds is 4. The van der Waals surface area contributed by atoms with Gasteiger partial charge < -0.3 is 10.6 Å². The fourth-order valence-corrected chi connectivity index (χ4v) is 2.46. The van der Waals surface area contributed by atoms with E-state index in [9.17, 15) is 0 Å². The van der Waals surface area contributed by atoms with Gasteiger partial charge in [-0.25, -0.2) is 0 Å². The standard InChI is InChI=1S/C13H21BrN2/c1-9(2)8-16(4)13-6-5-11(10(3)15)7-12(13)14/h5-7,9-10H,8,15H2,1-4H3. The van der Waals surface area contributed by atoms with Gasteiger partial charge in [0.15, 0.2) is 0 Å². The maximum atomic E-state index is 5.86. The Morgan fingerprint density at radius 3 is 2.38 bits per heavy atom. The van der Waals surface area contributed by atoms with Crippen molar-refractivity contribution in [1.82, 2.24) is 0 Å². The molecule has 0 aliphatic heterocycles. The average molecular weight is 285 g/mol. The Morgan fingerprint density at radius 2 is 1.94 bits per heavy atom. The van der Waals surface area contributed by atoms with Gasteiger partial charge in [-0.3, -0.25) is 0 Å². The number of halogens is 1. The molecule has 0 saturated heterocycles. The molecule has 1 atom stereocenters. The zero-order chi connectivity index (χ0) is 12.3. The number of nitrogens with zero attached hydrogens (tertiary/aromatic N) is 1. The van der Waals surface area contributed by atoms with Crippen LogP contribution in [0.4, 0.5) is 5.69 Å². The molecule has 0 spiro atoms. The minimum atomic E-state index is 0.0840. The Balaban J connectivity index is 2.90. The summed E-state index contributed by atoms with van der Waals surface area (Å²) in [6, 6.07) is 6.42. The molecule has 1 aromatic rings. The van der Waals surface area contributed by atoms with Gasteiger partial charge in [0.2, 0.25) is 0 Å². The third-order valence-electron chi connectivity index (χ3n) is 2.55. The molecule has 0 bridgehead atoms. The van der Waals surface area contributed by atoms with Crippen molar-refractivity contribution in [2.75, 3.05) is 18.5 Å². The normalized spacial score (nSPS) is 12.9. The molecule has 0 saturated carbocycles. The topological polar surface area (TPSA) is 29.3 Å². The Kier molecular flexibility index (Phi) is 4.81. The molecule has 0 fully saturated rings. The molecular weight excluding hydrogens is 264 g/mol. The largest absolute Gasteiger partial charge is 0.373 e. The van der Waals surface area contributed by atoms with Gasteiger partial charge in [0.25, 0.3) is 0 Å². The van der Waals surface area contributed by atoms with Gasteiger partial charge in [-0.15, -0.1) is 0 Å². The fraction of sp³-hybridized carbons (Fsp3) is 0.538. The lowest BCUT2D eigenvalue weighted by Crippen LogP contribution is -2.22. The smallest absolute Gasteiger partial charge is 0.0508 e. The van der Waals surface area contributed by atoms with Crippen molar-refractivity contribution in [3.05, 3.63) is 28.2 Å². The highest BCUT2D eigenvalue weighted by atomic mass is 79.9. The second-order valence-corrected chi connectivity index (χ2v) is 5.63. The van der Waals surface area contributed by atoms with Gasteiger partial charge >= 0.3 is 0 Å². The fourth-order valence-electron chi connectivity index (χ4n) is 1.76. The van der Waals surface area contributed by atoms with Gasteiger partial charge in [0.05, 0.1) is 5.69 Å². The van der Waals surface area contributed by atoms with Gasteiger partial charge in [-0.05, 0) is 46.5 Å². The van der Waals surface area contributed by atoms with E-state index in [4.69, 9.17) is 5.73 Å². The van der Waals surface area contributed by atoms with Crippen LogP contribution >= 0.6 is 15.9 Å². The first-order valence-corrected chi connectivity index (χ1v) is 6.47. The van der Waals surface area contributed by atoms with Crippen LogP contribution in [0.1, 0.15) is 32.4 Å². The molecule has 90 valence electrons. The van der Waals surface area contributed by atoms with Crippen LogP contribution in [-0.2, 0) is 0 Å². The third kappa shape index (κ3) is 3.49. The van der Waals surface area contributed by atoms with E-state index < -0.39 is 0 Å². The molecule has 0 heterocycles. The summed E-state index contributed by atoms with van der Waals surface area (Å²) in [7, 11) is 2.12. The van der Waals surface area contributed by atoms with E-state index in [1.807, 2.05) is 6.92 Å². The van der Waals surface area contributed by atoms with E-state index in [2.05, 4.69) is 59.9 Å². The zero-order valence-corrected chi connectivity index (χ0v) is 12.1. The van der Waals surface area contributed by atoms with E-state index in [-0.39, 0.29) is 6.04 Å². The molecule has 0 aliphatic carbocycles. The van der Waals surface area contributed by atoms with Crippen LogP contribution in [0.25, 0.3) is 0 Å². The summed E-state index contributed by atoms with van der Waals surface area (Å²) >= 11 is 3.61. The zero-order valence-electron chi connectivity index (χ0n) is 10.5. The summed E-state index contributed by atoms with van der Waals surface area (Å²) in [5, 5.41) is 0. The van der Waals surface area contributed by atoms with Crippen molar-refractivity contribution >= 4 is 21.6 Å². The third-order valence-corrected chi connectivity index (χ3v) is 3.18. The highest BCUT2D eigenvalue weighted by Gasteiger charge is 2.09. The second kappa shape index (κ2) is 5.69. The van der Waals surface area contributed by atoms with E-state index >= 15 is 0 Å². The number of nitrogens with two attached hydrogens (primary N) is 1. The van der Waals surface area contributed by atoms with E-state index in [0.717, 1.165) is 16.6 Å². The van der Waals surface area contributed by atoms with Crippen molar-refractivity contribution in [2.45, 2.75) is 26.8 Å². The number of anilines is 1. The number of benzene rings is 1. The quantitative estimate of drug-likeness (QED) is 0.916. The van der Waals surface area contributed by atoms with Gasteiger partial charge in [-0.1, -0.05) is 19.9 Å². The van der Waals surface area contributed by atoms with Crippen molar-refractivity contribution in [1.29, 1.82) is 0 Å². The summed E-state index contributed by atoms with van der Waals surface area (Å²) in [5.41, 5.74) is 8.24. The van der Waals surface area contributed by atoms with Crippen LogP contribution in [0.5, 0.6) is 0 Å². The van der Waals surface area contributed by atoms with Crippen LogP contribution in [0.2, 0.25) is 0 Å². The van der Waals surface area contributed by atoms with Gasteiger partial charge in [0.1, 0.15) is 0 Å². The highest BCUT2D eigenvalue weighted by molar-refractivity contribution is 9.10. The summed E-state index contributed by atoms with van der Waals surface area (Å²) in [6.07, 6.45) is 0. The summed E-state index contributed by atoms with van der Waals surface area (Å²) in [4.78, 5) is 2.26. The van der Waals surface area contributed by atoms with Crippen molar-refractivity contribution in [2.24, 2.45) is 11.7 Å². The minimum Gasteiger partial charge on any atom is -0.373 e. The molecule has 16 heavy (non-hydrogen) atoms. The molecule has 3 heteroatoms. The first kappa shape index (κ1) is 13.5. The Bertz CT molecular complexity index is 348. The van der Waals surface area contributed by atoms with E-state index in [0.29, 0.717) is 5.92 Å². The SMILES string of the molecule is CC(C)CN(C)c1ccc(C(C)N)cc1Br. The van der Waals surface area contributed by atoms with Crippen LogP contribution in [0, 0.1) is 5.92 Å². The Labute approximate surface area is 107 Å². The molecule has 0 amide bonds. The molecule has 0 aromatic heterocycles. The monoisotopic (exact) mass is 284 g/mol. The Morgan fingerprint density at radius 1 is 1.31 bits per heavy atom. The predicted molar refractivity (Wildman–Crippen MR) is 74.9 cm³/mol. The molecule has 1 aromatic carbocycles. The lowest BCUT2D eigenvalue weighted by atomic mass is 10.1. The number of hydrogen-bond donors (Lipinski definition) is 1. The predicted octanol–water partition coefficient (Wildman–Crippen LogP) is 3.56. The summed E-state index contributed by atoms with van der Waals surface area (Å²) in [5.74, 6) is 0.657. The number of hydrogen-bond acceptors (Lipinski definition) is 2. The molecule has 0 aliphatic rings. The molecule has 2 nitrogen and oxygen atoms in total. The molecule has 2 N–H and O–H groups in total. The molecule has 0 radical (unpaired) electrons. The van der Waals surface area contributed by atoms with Crippen LogP contribution in [0.15, 0.2) is 22.7 Å². The van der Waals surface area contributed by atoms with Crippen molar-refractivity contribution in [3.63, 3.8) is 0 Å². The van der Waals surface area contributed by atoms with Crippen molar-refractivity contribution < 1.29 is 0 Å². The highest BCUT2D eigenvalue weighted by Crippen LogP contribution is 2.28. The molecular formula is C13H21BrN2. The second-order valence-electron chi connectivity index (χ2n) is 4.77. The Hall–Kier alpha value is -0.540. The lowest BCUT2D eigenvalue weighted by molar-refractivity contribution is 0.638. The average Bonchev–Trinajstić information content (AvgIpc) is 2.15. The van der Waals surface area contributed by atoms with Crippen LogP contribution in [-0.4, -0.2) is 13.6 Å². The van der Waals surface area contributed by atoms with Gasteiger partial charge in [-0.2, -0.15) is 0 Å². The van der Waals surface area contributed by atoms with Crippen LogP contribution < -0.4 is 10.6 Å². The summed E-state index contributed by atoms with van der Waals surface area (Å²) < 4.78 is 1.12. The maximum absolute atomic E-state index is 5.86. The van der Waals surface area contributed by atoms with E-state index in [1.165, 1.54) is 5.69 Å². The summed E-state index contributed by atoms with van der Waals surface area (Å²) in [6.45, 7) is 7.50.